The number of aromatic nitrogens is 2. The highest BCUT2D eigenvalue weighted by Gasteiger charge is 2.19. The minimum absolute atomic E-state index is 0.209. The van der Waals surface area contributed by atoms with Gasteiger partial charge in [0, 0.05) is 23.6 Å². The summed E-state index contributed by atoms with van der Waals surface area (Å²) >= 11 is 1.19. The van der Waals surface area contributed by atoms with Gasteiger partial charge in [-0.25, -0.2) is 13.9 Å². The van der Waals surface area contributed by atoms with Gasteiger partial charge in [0.25, 0.3) is 0 Å². The van der Waals surface area contributed by atoms with E-state index in [1.54, 1.807) is 47.1 Å². The van der Waals surface area contributed by atoms with Gasteiger partial charge < -0.3 is 10.1 Å². The maximum atomic E-state index is 13.2. The normalized spacial score (nSPS) is 10.8. The number of thiophene rings is 1. The molecule has 0 aliphatic carbocycles. The Bertz CT molecular complexity index is 1320. The van der Waals surface area contributed by atoms with Crippen LogP contribution in [0.4, 0.5) is 10.1 Å². The Morgan fingerprint density at radius 1 is 1.09 bits per heavy atom. The lowest BCUT2D eigenvalue weighted by atomic mass is 10.1. The number of esters is 1. The summed E-state index contributed by atoms with van der Waals surface area (Å²) in [7, 11) is 0. The molecule has 0 saturated carbocycles. The van der Waals surface area contributed by atoms with Crippen molar-refractivity contribution in [1.82, 2.24) is 9.78 Å². The van der Waals surface area contributed by atoms with Crippen LogP contribution in [0.25, 0.3) is 15.9 Å². The number of aryl methyl sites for hydroxylation is 1. The number of nitrogens with zero attached hydrogens (tertiary/aromatic N) is 2. The topological polar surface area (TPSA) is 90.3 Å². The van der Waals surface area contributed by atoms with Gasteiger partial charge in [-0.3, -0.25) is 9.59 Å². The zero-order valence-corrected chi connectivity index (χ0v) is 18.0. The van der Waals surface area contributed by atoms with Crippen LogP contribution in [0, 0.1) is 12.7 Å². The largest absolute Gasteiger partial charge is 0.453 e. The molecule has 0 aliphatic rings. The molecule has 2 aromatic heterocycles. The molecule has 4 rings (SSSR count). The van der Waals surface area contributed by atoms with Crippen LogP contribution >= 0.6 is 11.3 Å². The van der Waals surface area contributed by atoms with Gasteiger partial charge in [-0.05, 0) is 61.5 Å². The maximum absolute atomic E-state index is 13.2. The first-order valence-electron chi connectivity index (χ1n) is 9.65. The third kappa shape index (κ3) is 4.42. The minimum atomic E-state index is -0.612. The molecular formula is C23H18FN3O4S. The quantitative estimate of drug-likeness (QED) is 0.344. The molecule has 0 fully saturated rings. The van der Waals surface area contributed by atoms with Crippen molar-refractivity contribution in [1.29, 1.82) is 0 Å². The third-order valence-electron chi connectivity index (χ3n) is 4.68. The number of hydrogen-bond acceptors (Lipinski definition) is 6. The molecule has 7 nitrogen and oxygen atoms in total. The second kappa shape index (κ2) is 8.72. The summed E-state index contributed by atoms with van der Waals surface area (Å²) in [5.74, 6) is -1.53. The lowest BCUT2D eigenvalue weighted by molar-refractivity contribution is -0.114. The predicted molar refractivity (Wildman–Crippen MR) is 119 cm³/mol. The molecule has 0 spiro atoms. The third-order valence-corrected chi connectivity index (χ3v) is 5.77. The molecule has 1 N–H and O–H groups in total. The average Bonchev–Trinajstić information content (AvgIpc) is 3.33. The van der Waals surface area contributed by atoms with Crippen LogP contribution in [0.15, 0.2) is 54.6 Å². The highest BCUT2D eigenvalue weighted by Crippen LogP contribution is 2.31. The fourth-order valence-electron chi connectivity index (χ4n) is 3.13. The second-order valence-electron chi connectivity index (χ2n) is 7.06. The second-order valence-corrected chi connectivity index (χ2v) is 8.09. The number of ether oxygens (including phenoxy) is 1. The maximum Gasteiger partial charge on any atom is 0.348 e. The van der Waals surface area contributed by atoms with Crippen LogP contribution in [-0.4, -0.2) is 34.0 Å². The number of carbonyl (C=O) groups is 3. The smallest absolute Gasteiger partial charge is 0.348 e. The van der Waals surface area contributed by atoms with E-state index in [4.69, 9.17) is 4.74 Å². The zero-order valence-electron chi connectivity index (χ0n) is 17.2. The van der Waals surface area contributed by atoms with Crippen LogP contribution in [0.3, 0.4) is 0 Å². The van der Waals surface area contributed by atoms with Gasteiger partial charge in [-0.1, -0.05) is 0 Å². The predicted octanol–water partition coefficient (Wildman–Crippen LogP) is 4.53. The van der Waals surface area contributed by atoms with Crippen LogP contribution in [0.1, 0.15) is 32.6 Å². The van der Waals surface area contributed by atoms with Crippen molar-refractivity contribution < 1.29 is 23.5 Å². The Kier molecular flexibility index (Phi) is 5.83. The number of fused-ring (bicyclic) bond motifs is 1. The zero-order chi connectivity index (χ0) is 22.8. The number of Topliss-reactive ketones (excluding diaryl/α,β-unsaturated/α-hetero) is 1. The molecule has 162 valence electrons. The fraction of sp³-hybridized carbons (Fsp3) is 0.130. The molecule has 32 heavy (non-hydrogen) atoms. The molecule has 0 unspecified atom stereocenters. The lowest BCUT2D eigenvalue weighted by Gasteiger charge is -2.05. The number of rotatable bonds is 6. The highest BCUT2D eigenvalue weighted by molar-refractivity contribution is 7.20. The highest BCUT2D eigenvalue weighted by atomic mass is 32.1. The van der Waals surface area contributed by atoms with Crippen LogP contribution in [-0.2, 0) is 9.53 Å². The van der Waals surface area contributed by atoms with Gasteiger partial charge in [-0.2, -0.15) is 5.10 Å². The molecule has 0 radical (unpaired) electrons. The number of halogens is 1. The first-order chi connectivity index (χ1) is 15.3. The van der Waals surface area contributed by atoms with Gasteiger partial charge in [0.2, 0.25) is 5.91 Å². The van der Waals surface area contributed by atoms with E-state index in [1.807, 2.05) is 6.92 Å². The number of ketones is 1. The van der Waals surface area contributed by atoms with E-state index < -0.39 is 12.6 Å². The van der Waals surface area contributed by atoms with Crippen molar-refractivity contribution in [2.45, 2.75) is 13.8 Å². The molecule has 2 aromatic carbocycles. The van der Waals surface area contributed by atoms with Crippen molar-refractivity contribution in [3.05, 3.63) is 76.5 Å². The SMILES string of the molecule is CC(=O)Nc1ccc(C(=O)COC(=O)c2cc3c(C)nn(-c4ccc(F)cc4)c3s2)cc1. The molecule has 0 aliphatic heterocycles. The summed E-state index contributed by atoms with van der Waals surface area (Å²) in [5.41, 5.74) is 2.33. The van der Waals surface area contributed by atoms with Gasteiger partial charge >= 0.3 is 5.97 Å². The Hall–Kier alpha value is -3.85. The number of carbonyl (C=O) groups excluding carboxylic acids is 3. The summed E-state index contributed by atoms with van der Waals surface area (Å²) in [6, 6.07) is 13.9. The van der Waals surface area contributed by atoms with Crippen LogP contribution in [0.5, 0.6) is 0 Å². The molecular weight excluding hydrogens is 433 g/mol. The van der Waals surface area contributed by atoms with Gasteiger partial charge in [0.15, 0.2) is 12.4 Å². The standard InChI is InChI=1S/C23H18FN3O4S/c1-13-19-11-21(32-22(19)27(26-13)18-9-5-16(24)6-10-18)23(30)31-12-20(29)15-3-7-17(8-4-15)25-14(2)28/h3-11H,12H2,1-2H3,(H,25,28). The van der Waals surface area contributed by atoms with Crippen LogP contribution < -0.4 is 5.32 Å². The van der Waals surface area contributed by atoms with Crippen molar-refractivity contribution in [3.63, 3.8) is 0 Å². The Morgan fingerprint density at radius 3 is 2.44 bits per heavy atom. The monoisotopic (exact) mass is 451 g/mol. The van der Waals surface area contributed by atoms with Gasteiger partial charge in [0.05, 0.1) is 11.4 Å². The Morgan fingerprint density at radius 2 is 1.78 bits per heavy atom. The molecule has 9 heteroatoms. The van der Waals surface area contributed by atoms with Gasteiger partial charge in [0.1, 0.15) is 15.5 Å². The fourth-order valence-corrected chi connectivity index (χ4v) is 4.21. The first kappa shape index (κ1) is 21.4. The number of benzene rings is 2. The molecule has 0 saturated heterocycles. The summed E-state index contributed by atoms with van der Waals surface area (Å²) < 4.78 is 20.1. The summed E-state index contributed by atoms with van der Waals surface area (Å²) in [6.45, 7) is 2.80. The molecule has 4 aromatic rings. The van der Waals surface area contributed by atoms with E-state index >= 15 is 0 Å². The summed E-state index contributed by atoms with van der Waals surface area (Å²) in [6.07, 6.45) is 0. The van der Waals surface area contributed by atoms with Gasteiger partial charge in [-0.15, -0.1) is 11.3 Å². The molecule has 1 amide bonds. The average molecular weight is 451 g/mol. The van der Waals surface area contributed by atoms with Crippen molar-refractivity contribution in [3.8, 4) is 5.69 Å². The van der Waals surface area contributed by atoms with Crippen molar-refractivity contribution in [2.75, 3.05) is 11.9 Å². The van der Waals surface area contributed by atoms with E-state index in [2.05, 4.69) is 10.4 Å². The molecule has 0 atom stereocenters. The number of amides is 1. The molecule has 0 bridgehead atoms. The number of nitrogens with one attached hydrogen (secondary N) is 1. The first-order valence-corrected chi connectivity index (χ1v) is 10.5. The van der Waals surface area contributed by atoms with E-state index in [0.29, 0.717) is 21.8 Å². The van der Waals surface area contributed by atoms with Crippen molar-refractivity contribution >= 4 is 44.9 Å². The Balaban J connectivity index is 1.47. The van der Waals surface area contributed by atoms with E-state index in [0.717, 1.165) is 15.9 Å². The number of anilines is 1. The molecule has 2 heterocycles. The van der Waals surface area contributed by atoms with Crippen molar-refractivity contribution in [2.24, 2.45) is 0 Å². The summed E-state index contributed by atoms with van der Waals surface area (Å²) in [5, 5.41) is 7.86. The number of hydrogen-bond donors (Lipinski definition) is 1. The van der Waals surface area contributed by atoms with E-state index in [9.17, 15) is 18.8 Å². The van der Waals surface area contributed by atoms with E-state index in [1.165, 1.54) is 30.4 Å². The van der Waals surface area contributed by atoms with Crippen LogP contribution in [0.2, 0.25) is 0 Å². The van der Waals surface area contributed by atoms with E-state index in [-0.39, 0.29) is 17.5 Å². The summed E-state index contributed by atoms with van der Waals surface area (Å²) in [4.78, 5) is 37.0. The Labute approximate surface area is 186 Å². The lowest BCUT2D eigenvalue weighted by Crippen LogP contribution is -2.13. The minimum Gasteiger partial charge on any atom is -0.453 e.